The van der Waals surface area contributed by atoms with Gasteiger partial charge in [-0.1, -0.05) is 36.6 Å². The summed E-state index contributed by atoms with van der Waals surface area (Å²) in [6.45, 7) is 0.255. The zero-order valence-electron chi connectivity index (χ0n) is 15.2. The third-order valence-electron chi connectivity index (χ3n) is 5.56. The van der Waals surface area contributed by atoms with Gasteiger partial charge in [-0.15, -0.1) is 0 Å². The molecule has 2 aromatic rings. The molecule has 1 aliphatic heterocycles. The van der Waals surface area contributed by atoms with Crippen molar-refractivity contribution >= 4 is 35.0 Å². The van der Waals surface area contributed by atoms with Crippen molar-refractivity contribution in [2.24, 2.45) is 11.8 Å². The summed E-state index contributed by atoms with van der Waals surface area (Å²) in [6, 6.07) is 10.3. The largest absolute Gasteiger partial charge is 0.323 e. The van der Waals surface area contributed by atoms with E-state index in [9.17, 15) is 14.4 Å². The first kappa shape index (κ1) is 18.6. The van der Waals surface area contributed by atoms with Crippen molar-refractivity contribution < 1.29 is 14.4 Å². The first-order chi connectivity index (χ1) is 13.6. The summed E-state index contributed by atoms with van der Waals surface area (Å²) < 4.78 is 0. The van der Waals surface area contributed by atoms with E-state index < -0.39 is 0 Å². The number of nitrogens with zero attached hydrogens (tertiary/aromatic N) is 2. The van der Waals surface area contributed by atoms with Crippen LogP contribution in [0.4, 0.5) is 5.69 Å². The lowest BCUT2D eigenvalue weighted by molar-refractivity contribution is -0.122. The van der Waals surface area contributed by atoms with Gasteiger partial charge in [-0.05, 0) is 43.0 Å². The minimum absolute atomic E-state index is 0.0774. The van der Waals surface area contributed by atoms with E-state index in [-0.39, 0.29) is 41.3 Å². The molecule has 2 atom stereocenters. The minimum atomic E-state index is -0.283. The predicted molar refractivity (Wildman–Crippen MR) is 105 cm³/mol. The van der Waals surface area contributed by atoms with Crippen LogP contribution in [0.1, 0.15) is 46.4 Å². The molecule has 1 saturated carbocycles. The lowest BCUT2D eigenvalue weighted by Gasteiger charge is -2.32. The first-order valence-corrected chi connectivity index (χ1v) is 9.80. The Hall–Kier alpha value is -2.73. The summed E-state index contributed by atoms with van der Waals surface area (Å²) in [5.74, 6) is -1.06. The van der Waals surface area contributed by atoms with Crippen molar-refractivity contribution in [2.75, 3.05) is 11.9 Å². The smallest absolute Gasteiger partial charge is 0.261 e. The number of rotatable bonds is 4. The van der Waals surface area contributed by atoms with Gasteiger partial charge in [0, 0.05) is 18.7 Å². The summed E-state index contributed by atoms with van der Waals surface area (Å²) in [5.41, 5.74) is 1.34. The molecule has 0 saturated heterocycles. The molecule has 1 aliphatic carbocycles. The van der Waals surface area contributed by atoms with E-state index in [0.29, 0.717) is 16.8 Å². The fraction of sp³-hybridized carbons (Fsp3) is 0.333. The molecular formula is C21H20ClN3O3. The maximum absolute atomic E-state index is 12.9. The molecular weight excluding hydrogens is 378 g/mol. The highest BCUT2D eigenvalue weighted by atomic mass is 35.5. The van der Waals surface area contributed by atoms with Gasteiger partial charge in [-0.3, -0.25) is 19.3 Å². The highest BCUT2D eigenvalue weighted by Crippen LogP contribution is 2.34. The molecule has 0 spiro atoms. The lowest BCUT2D eigenvalue weighted by Crippen LogP contribution is -2.41. The van der Waals surface area contributed by atoms with Crippen LogP contribution in [0.3, 0.4) is 0 Å². The number of carbonyl (C=O) groups excluding carboxylic acids is 3. The van der Waals surface area contributed by atoms with Gasteiger partial charge >= 0.3 is 0 Å². The van der Waals surface area contributed by atoms with E-state index in [2.05, 4.69) is 10.3 Å². The number of benzene rings is 1. The van der Waals surface area contributed by atoms with Crippen LogP contribution in [0.15, 0.2) is 42.6 Å². The van der Waals surface area contributed by atoms with Crippen molar-refractivity contribution in [3.8, 4) is 0 Å². The van der Waals surface area contributed by atoms with E-state index in [4.69, 9.17) is 11.6 Å². The second-order valence-electron chi connectivity index (χ2n) is 7.25. The van der Waals surface area contributed by atoms with Crippen LogP contribution in [0.5, 0.6) is 0 Å². The Morgan fingerprint density at radius 3 is 2.43 bits per heavy atom. The molecule has 1 fully saturated rings. The monoisotopic (exact) mass is 397 g/mol. The highest BCUT2D eigenvalue weighted by molar-refractivity contribution is 6.32. The van der Waals surface area contributed by atoms with Gasteiger partial charge in [0.15, 0.2) is 5.15 Å². The molecule has 0 radical (unpaired) electrons. The summed E-state index contributed by atoms with van der Waals surface area (Å²) in [4.78, 5) is 43.5. The third-order valence-corrected chi connectivity index (χ3v) is 5.86. The Kier molecular flexibility index (Phi) is 5.13. The molecule has 1 aromatic carbocycles. The van der Waals surface area contributed by atoms with E-state index in [0.717, 1.165) is 25.7 Å². The molecule has 1 N–H and O–H groups in total. The van der Waals surface area contributed by atoms with Gasteiger partial charge in [0.1, 0.15) is 0 Å². The maximum atomic E-state index is 12.9. The molecule has 144 valence electrons. The molecule has 2 aliphatic rings. The van der Waals surface area contributed by atoms with Gasteiger partial charge in [-0.25, -0.2) is 4.98 Å². The van der Waals surface area contributed by atoms with E-state index in [1.54, 1.807) is 42.6 Å². The predicted octanol–water partition coefficient (Wildman–Crippen LogP) is 3.78. The van der Waals surface area contributed by atoms with Gasteiger partial charge in [-0.2, -0.15) is 0 Å². The summed E-state index contributed by atoms with van der Waals surface area (Å²) in [7, 11) is 0. The summed E-state index contributed by atoms with van der Waals surface area (Å²) >= 11 is 6.05. The molecule has 0 bridgehead atoms. The van der Waals surface area contributed by atoms with Crippen LogP contribution in [0.2, 0.25) is 5.15 Å². The van der Waals surface area contributed by atoms with E-state index >= 15 is 0 Å². The quantitative estimate of drug-likeness (QED) is 0.629. The number of carbonyl (C=O) groups is 3. The molecule has 28 heavy (non-hydrogen) atoms. The Morgan fingerprint density at radius 2 is 1.75 bits per heavy atom. The molecule has 4 rings (SSSR count). The number of nitrogens with one attached hydrogen (secondary N) is 1. The molecule has 1 aromatic heterocycles. The number of imide groups is 1. The molecule has 2 heterocycles. The Morgan fingerprint density at radius 1 is 1.07 bits per heavy atom. The van der Waals surface area contributed by atoms with Crippen molar-refractivity contribution in [3.05, 3.63) is 58.9 Å². The van der Waals surface area contributed by atoms with Gasteiger partial charge < -0.3 is 5.32 Å². The van der Waals surface area contributed by atoms with E-state index in [1.807, 2.05) is 0 Å². The zero-order valence-corrected chi connectivity index (χ0v) is 16.0. The Bertz CT molecular complexity index is 911. The van der Waals surface area contributed by atoms with Crippen molar-refractivity contribution in [2.45, 2.75) is 25.7 Å². The van der Waals surface area contributed by atoms with Crippen LogP contribution in [-0.2, 0) is 4.79 Å². The van der Waals surface area contributed by atoms with E-state index in [1.165, 1.54) is 4.90 Å². The van der Waals surface area contributed by atoms with Gasteiger partial charge in [0.2, 0.25) is 5.91 Å². The summed E-state index contributed by atoms with van der Waals surface area (Å²) in [6.07, 6.45) is 5.00. The van der Waals surface area contributed by atoms with Crippen molar-refractivity contribution in [3.63, 3.8) is 0 Å². The average molecular weight is 398 g/mol. The van der Waals surface area contributed by atoms with Crippen LogP contribution in [0.25, 0.3) is 0 Å². The fourth-order valence-electron chi connectivity index (χ4n) is 4.12. The fourth-order valence-corrected chi connectivity index (χ4v) is 4.28. The maximum Gasteiger partial charge on any atom is 0.261 e. The number of hydrogen-bond donors (Lipinski definition) is 1. The zero-order chi connectivity index (χ0) is 19.7. The average Bonchev–Trinajstić information content (AvgIpc) is 2.95. The molecule has 2 unspecified atom stereocenters. The SMILES string of the molecule is O=C(Nc1cccnc1Cl)C1CCCCC1CN1C(=O)c2ccccc2C1=O. The van der Waals surface area contributed by atoms with Crippen molar-refractivity contribution in [1.29, 1.82) is 0 Å². The second kappa shape index (κ2) is 7.72. The lowest BCUT2D eigenvalue weighted by atomic mass is 9.78. The number of aromatic nitrogens is 1. The summed E-state index contributed by atoms with van der Waals surface area (Å²) in [5, 5.41) is 3.09. The minimum Gasteiger partial charge on any atom is -0.323 e. The molecule has 6 nitrogen and oxygen atoms in total. The normalized spacial score (nSPS) is 21.5. The molecule has 3 amide bonds. The number of anilines is 1. The Labute approximate surface area is 167 Å². The number of hydrogen-bond acceptors (Lipinski definition) is 4. The Balaban J connectivity index is 1.50. The van der Waals surface area contributed by atoms with Gasteiger partial charge in [0.25, 0.3) is 11.8 Å². The number of fused-ring (bicyclic) bond motifs is 1. The number of halogens is 1. The van der Waals surface area contributed by atoms with Crippen LogP contribution in [0, 0.1) is 11.8 Å². The third kappa shape index (κ3) is 3.40. The van der Waals surface area contributed by atoms with Gasteiger partial charge in [0.05, 0.1) is 16.8 Å². The number of pyridine rings is 1. The standard InChI is InChI=1S/C21H20ClN3O3/c22-18-17(10-5-11-23-18)24-19(26)14-7-2-1-6-13(14)12-25-20(27)15-8-3-4-9-16(15)21(25)28/h3-5,8-11,13-14H,1-2,6-7,12H2,(H,24,26). The van der Waals surface area contributed by atoms with Crippen LogP contribution in [-0.4, -0.2) is 34.2 Å². The van der Waals surface area contributed by atoms with Crippen molar-refractivity contribution in [1.82, 2.24) is 9.88 Å². The topological polar surface area (TPSA) is 79.4 Å². The first-order valence-electron chi connectivity index (χ1n) is 9.43. The number of amides is 3. The molecule has 7 heteroatoms. The van der Waals surface area contributed by atoms with Crippen LogP contribution >= 0.6 is 11.6 Å². The van der Waals surface area contributed by atoms with Crippen LogP contribution < -0.4 is 5.32 Å². The second-order valence-corrected chi connectivity index (χ2v) is 7.61. The highest BCUT2D eigenvalue weighted by Gasteiger charge is 2.40.